The number of amides is 1. The van der Waals surface area contributed by atoms with Gasteiger partial charge in [0.15, 0.2) is 0 Å². The summed E-state index contributed by atoms with van der Waals surface area (Å²) in [6, 6.07) is 7.67. The fourth-order valence-electron chi connectivity index (χ4n) is 3.08. The minimum atomic E-state index is -0.00671. The van der Waals surface area contributed by atoms with Crippen LogP contribution in [0, 0.1) is 5.92 Å². The summed E-state index contributed by atoms with van der Waals surface area (Å²) < 4.78 is 7.78. The minimum absolute atomic E-state index is 0. The van der Waals surface area contributed by atoms with E-state index in [-0.39, 0.29) is 42.7 Å². The zero-order valence-electron chi connectivity index (χ0n) is 14.5. The standard InChI is InChI=1S/C18H24N4O2.2ClH/c19-15-5-3-4-14(12-15)18(23)21-16-6-1-2-7-17(16)24-11-10-22-9-8-20-13-22;;/h1-2,6-9,13-15H,3-5,10-12,19H2,(H,21,23);2*1H. The largest absolute Gasteiger partial charge is 0.490 e. The van der Waals surface area contributed by atoms with Gasteiger partial charge < -0.3 is 20.4 Å². The van der Waals surface area contributed by atoms with Gasteiger partial charge in [0.2, 0.25) is 5.91 Å². The van der Waals surface area contributed by atoms with Crippen LogP contribution < -0.4 is 15.8 Å². The van der Waals surface area contributed by atoms with E-state index in [9.17, 15) is 4.79 Å². The second kappa shape index (κ2) is 11.1. The number of carbonyl (C=O) groups is 1. The van der Waals surface area contributed by atoms with Gasteiger partial charge >= 0.3 is 0 Å². The molecule has 1 aromatic heterocycles. The third kappa shape index (κ3) is 6.20. The zero-order chi connectivity index (χ0) is 16.8. The van der Waals surface area contributed by atoms with Crippen molar-refractivity contribution in [2.45, 2.75) is 38.3 Å². The Labute approximate surface area is 166 Å². The summed E-state index contributed by atoms with van der Waals surface area (Å²) in [7, 11) is 0. The molecule has 0 aliphatic heterocycles. The lowest BCUT2D eigenvalue weighted by Crippen LogP contribution is -2.34. The van der Waals surface area contributed by atoms with E-state index in [1.54, 1.807) is 12.5 Å². The molecule has 1 aliphatic rings. The molecule has 26 heavy (non-hydrogen) atoms. The van der Waals surface area contributed by atoms with Crippen LogP contribution in [0.5, 0.6) is 5.75 Å². The molecule has 6 nitrogen and oxygen atoms in total. The van der Waals surface area contributed by atoms with Gasteiger partial charge in [-0.25, -0.2) is 4.98 Å². The molecule has 1 heterocycles. The number of hydrogen-bond acceptors (Lipinski definition) is 4. The topological polar surface area (TPSA) is 82.2 Å². The van der Waals surface area contributed by atoms with Crippen LogP contribution in [-0.2, 0) is 11.3 Å². The summed E-state index contributed by atoms with van der Waals surface area (Å²) >= 11 is 0. The normalized spacial score (nSPS) is 19.0. The summed E-state index contributed by atoms with van der Waals surface area (Å²) in [5, 5.41) is 3.01. The van der Waals surface area contributed by atoms with Crippen LogP contribution in [0.1, 0.15) is 25.7 Å². The summed E-state index contributed by atoms with van der Waals surface area (Å²) in [4.78, 5) is 16.5. The second-order valence-corrected chi connectivity index (χ2v) is 6.26. The monoisotopic (exact) mass is 400 g/mol. The molecule has 0 saturated heterocycles. The molecule has 144 valence electrons. The number of imidazole rings is 1. The van der Waals surface area contributed by atoms with E-state index in [0.29, 0.717) is 24.6 Å². The molecule has 1 amide bonds. The van der Waals surface area contributed by atoms with E-state index in [1.165, 1.54) is 0 Å². The van der Waals surface area contributed by atoms with Gasteiger partial charge in [-0.1, -0.05) is 18.6 Å². The van der Waals surface area contributed by atoms with Crippen molar-refractivity contribution < 1.29 is 9.53 Å². The summed E-state index contributed by atoms with van der Waals surface area (Å²) in [6.07, 6.45) is 9.08. The molecular weight excluding hydrogens is 375 g/mol. The van der Waals surface area contributed by atoms with Crippen molar-refractivity contribution in [1.29, 1.82) is 0 Å². The van der Waals surface area contributed by atoms with Crippen LogP contribution in [0.15, 0.2) is 43.0 Å². The highest BCUT2D eigenvalue weighted by atomic mass is 35.5. The van der Waals surface area contributed by atoms with Gasteiger partial charge in [-0.3, -0.25) is 4.79 Å². The summed E-state index contributed by atoms with van der Waals surface area (Å²) in [5.41, 5.74) is 6.70. The van der Waals surface area contributed by atoms with E-state index < -0.39 is 0 Å². The third-order valence-electron chi connectivity index (χ3n) is 4.40. The number of halogens is 2. The predicted octanol–water partition coefficient (Wildman–Crippen LogP) is 3.26. The van der Waals surface area contributed by atoms with E-state index in [1.807, 2.05) is 35.0 Å². The molecule has 0 spiro atoms. The Hall–Kier alpha value is -1.76. The molecule has 3 N–H and O–H groups in total. The lowest BCUT2D eigenvalue weighted by molar-refractivity contribution is -0.120. The first-order chi connectivity index (χ1) is 11.7. The summed E-state index contributed by atoms with van der Waals surface area (Å²) in [5.74, 6) is 0.717. The van der Waals surface area contributed by atoms with Gasteiger partial charge in [0.05, 0.1) is 18.6 Å². The number of benzene rings is 1. The van der Waals surface area contributed by atoms with Gasteiger partial charge in [-0.15, -0.1) is 24.8 Å². The van der Waals surface area contributed by atoms with E-state index in [4.69, 9.17) is 10.5 Å². The molecule has 1 aromatic carbocycles. The Morgan fingerprint density at radius 3 is 2.85 bits per heavy atom. The van der Waals surface area contributed by atoms with E-state index >= 15 is 0 Å². The number of para-hydroxylation sites is 2. The highest BCUT2D eigenvalue weighted by Gasteiger charge is 2.25. The maximum Gasteiger partial charge on any atom is 0.227 e. The molecule has 2 atom stereocenters. The van der Waals surface area contributed by atoms with Crippen molar-refractivity contribution in [3.8, 4) is 5.75 Å². The molecule has 2 unspecified atom stereocenters. The van der Waals surface area contributed by atoms with Gasteiger partial charge in [0.1, 0.15) is 12.4 Å². The molecule has 3 rings (SSSR count). The molecule has 8 heteroatoms. The minimum Gasteiger partial charge on any atom is -0.490 e. The Bertz CT molecular complexity index is 667. The Morgan fingerprint density at radius 1 is 1.31 bits per heavy atom. The Morgan fingerprint density at radius 2 is 2.12 bits per heavy atom. The van der Waals surface area contributed by atoms with Gasteiger partial charge in [-0.05, 0) is 31.4 Å². The number of aromatic nitrogens is 2. The van der Waals surface area contributed by atoms with Crippen molar-refractivity contribution in [1.82, 2.24) is 9.55 Å². The van der Waals surface area contributed by atoms with Crippen LogP contribution in [0.3, 0.4) is 0 Å². The molecule has 0 radical (unpaired) electrons. The van der Waals surface area contributed by atoms with Gasteiger partial charge in [-0.2, -0.15) is 0 Å². The number of rotatable bonds is 6. The molecule has 2 aromatic rings. The number of nitrogens with two attached hydrogens (primary N) is 1. The van der Waals surface area contributed by atoms with E-state index in [0.717, 1.165) is 25.7 Å². The SMILES string of the molecule is Cl.Cl.NC1CCCC(C(=O)Nc2ccccc2OCCn2ccnc2)C1. The quantitative estimate of drug-likeness (QED) is 0.779. The number of ether oxygens (including phenoxy) is 1. The van der Waals surface area contributed by atoms with Crippen molar-refractivity contribution in [2.24, 2.45) is 11.7 Å². The molecule has 1 fully saturated rings. The van der Waals surface area contributed by atoms with Gasteiger partial charge in [0.25, 0.3) is 0 Å². The first-order valence-corrected chi connectivity index (χ1v) is 8.46. The van der Waals surface area contributed by atoms with Crippen LogP contribution in [0.2, 0.25) is 0 Å². The van der Waals surface area contributed by atoms with Crippen molar-refractivity contribution in [3.05, 3.63) is 43.0 Å². The number of nitrogens with zero attached hydrogens (tertiary/aromatic N) is 2. The Kier molecular flexibility index (Phi) is 9.48. The molecule has 1 aliphatic carbocycles. The highest BCUT2D eigenvalue weighted by Crippen LogP contribution is 2.28. The number of carbonyl (C=O) groups excluding carboxylic acids is 1. The number of hydrogen-bond donors (Lipinski definition) is 2. The average Bonchev–Trinajstić information content (AvgIpc) is 3.10. The lowest BCUT2D eigenvalue weighted by Gasteiger charge is -2.26. The van der Waals surface area contributed by atoms with Crippen LogP contribution in [0.4, 0.5) is 5.69 Å². The number of anilines is 1. The maximum absolute atomic E-state index is 12.5. The molecule has 1 saturated carbocycles. The third-order valence-corrected chi connectivity index (χ3v) is 4.40. The van der Waals surface area contributed by atoms with Gasteiger partial charge in [0, 0.05) is 24.4 Å². The fraction of sp³-hybridized carbons (Fsp3) is 0.444. The average molecular weight is 401 g/mol. The van der Waals surface area contributed by atoms with Crippen molar-refractivity contribution >= 4 is 36.4 Å². The first-order valence-electron chi connectivity index (χ1n) is 8.46. The lowest BCUT2D eigenvalue weighted by atomic mass is 9.85. The second-order valence-electron chi connectivity index (χ2n) is 6.26. The Balaban J connectivity index is 0.00000169. The van der Waals surface area contributed by atoms with Crippen LogP contribution >= 0.6 is 24.8 Å². The van der Waals surface area contributed by atoms with Crippen LogP contribution in [-0.4, -0.2) is 28.1 Å². The molecular formula is C18H26Cl2N4O2. The predicted molar refractivity (Wildman–Crippen MR) is 107 cm³/mol. The maximum atomic E-state index is 12.5. The first kappa shape index (κ1) is 22.3. The van der Waals surface area contributed by atoms with E-state index in [2.05, 4.69) is 10.3 Å². The van der Waals surface area contributed by atoms with Crippen molar-refractivity contribution in [3.63, 3.8) is 0 Å². The van der Waals surface area contributed by atoms with Crippen LogP contribution in [0.25, 0.3) is 0 Å². The molecule has 0 bridgehead atoms. The van der Waals surface area contributed by atoms with Crippen molar-refractivity contribution in [2.75, 3.05) is 11.9 Å². The fourth-order valence-corrected chi connectivity index (χ4v) is 3.08. The zero-order valence-corrected chi connectivity index (χ0v) is 16.2. The smallest absolute Gasteiger partial charge is 0.227 e. The highest BCUT2D eigenvalue weighted by molar-refractivity contribution is 5.94. The summed E-state index contributed by atoms with van der Waals surface area (Å²) in [6.45, 7) is 1.22. The number of nitrogens with one attached hydrogen (secondary N) is 1.